The van der Waals surface area contributed by atoms with Crippen LogP contribution in [-0.4, -0.2) is 36.7 Å². The smallest absolute Gasteiger partial charge is 0.311 e. The maximum absolute atomic E-state index is 11.9. The van der Waals surface area contributed by atoms with Crippen LogP contribution in [0.3, 0.4) is 0 Å². The molecular formula is C13H21NO4. The second kappa shape index (κ2) is 5.69. The first-order chi connectivity index (χ1) is 8.64. The van der Waals surface area contributed by atoms with Gasteiger partial charge >= 0.3 is 5.97 Å². The van der Waals surface area contributed by atoms with Crippen LogP contribution in [0.1, 0.15) is 38.5 Å². The van der Waals surface area contributed by atoms with Crippen LogP contribution in [0.15, 0.2) is 0 Å². The second-order valence-corrected chi connectivity index (χ2v) is 5.42. The second-order valence-electron chi connectivity index (χ2n) is 5.42. The molecule has 0 aromatic heterocycles. The molecule has 18 heavy (non-hydrogen) atoms. The highest BCUT2D eigenvalue weighted by molar-refractivity contribution is 5.81. The van der Waals surface area contributed by atoms with E-state index in [0.717, 1.165) is 32.3 Å². The van der Waals surface area contributed by atoms with E-state index in [1.165, 1.54) is 0 Å². The lowest BCUT2D eigenvalue weighted by Gasteiger charge is -2.26. The Hall–Kier alpha value is -1.10. The number of rotatable bonds is 4. The molecule has 102 valence electrons. The minimum absolute atomic E-state index is 0.0535. The Bertz CT molecular complexity index is 317. The van der Waals surface area contributed by atoms with Crippen molar-refractivity contribution in [3.8, 4) is 0 Å². The van der Waals surface area contributed by atoms with Gasteiger partial charge in [0.25, 0.3) is 0 Å². The number of hydrogen-bond acceptors (Lipinski definition) is 3. The molecule has 5 heteroatoms. The summed E-state index contributed by atoms with van der Waals surface area (Å²) in [7, 11) is 0. The summed E-state index contributed by atoms with van der Waals surface area (Å²) in [5.74, 6) is -0.937. The molecule has 1 saturated carbocycles. The zero-order chi connectivity index (χ0) is 13.0. The van der Waals surface area contributed by atoms with Crippen LogP contribution in [0.5, 0.6) is 0 Å². The van der Waals surface area contributed by atoms with Gasteiger partial charge in [0.05, 0.1) is 17.9 Å². The Morgan fingerprint density at radius 3 is 2.56 bits per heavy atom. The van der Waals surface area contributed by atoms with Crippen LogP contribution < -0.4 is 5.32 Å². The van der Waals surface area contributed by atoms with Crippen LogP contribution in [0.2, 0.25) is 0 Å². The van der Waals surface area contributed by atoms with E-state index in [1.807, 2.05) is 0 Å². The number of carboxylic acids is 1. The predicted octanol–water partition coefficient (Wildman–Crippen LogP) is 1.17. The number of ether oxygens (including phenoxy) is 1. The molecule has 1 aliphatic heterocycles. The van der Waals surface area contributed by atoms with Crippen molar-refractivity contribution in [3.05, 3.63) is 0 Å². The molecule has 2 N–H and O–H groups in total. The fourth-order valence-electron chi connectivity index (χ4n) is 2.87. The Labute approximate surface area is 107 Å². The lowest BCUT2D eigenvalue weighted by atomic mass is 9.86. The van der Waals surface area contributed by atoms with Crippen LogP contribution in [0.4, 0.5) is 0 Å². The third kappa shape index (κ3) is 2.83. The highest BCUT2D eigenvalue weighted by Gasteiger charge is 2.41. The van der Waals surface area contributed by atoms with E-state index in [2.05, 4.69) is 5.32 Å². The molecule has 2 rings (SSSR count). The van der Waals surface area contributed by atoms with Crippen molar-refractivity contribution < 1.29 is 19.4 Å². The quantitative estimate of drug-likeness (QED) is 0.790. The van der Waals surface area contributed by atoms with Crippen LogP contribution in [-0.2, 0) is 14.3 Å². The van der Waals surface area contributed by atoms with Gasteiger partial charge in [0, 0.05) is 13.2 Å². The molecule has 0 aromatic carbocycles. The van der Waals surface area contributed by atoms with Gasteiger partial charge in [0.1, 0.15) is 0 Å². The van der Waals surface area contributed by atoms with Crippen LogP contribution in [0, 0.1) is 11.3 Å². The molecule has 1 unspecified atom stereocenters. The highest BCUT2D eigenvalue weighted by Crippen LogP contribution is 2.37. The first-order valence-electron chi connectivity index (χ1n) is 6.73. The summed E-state index contributed by atoms with van der Waals surface area (Å²) >= 11 is 0. The SMILES string of the molecule is O=C(NCC1(C(=O)O)CCCC1)C1CCCOC1. The Balaban J connectivity index is 1.85. The van der Waals surface area contributed by atoms with Crippen molar-refractivity contribution in [3.63, 3.8) is 0 Å². The van der Waals surface area contributed by atoms with Gasteiger partial charge in [-0.05, 0) is 25.7 Å². The minimum atomic E-state index is -0.778. The number of amides is 1. The number of hydrogen-bond donors (Lipinski definition) is 2. The molecule has 0 bridgehead atoms. The van der Waals surface area contributed by atoms with Gasteiger partial charge in [-0.15, -0.1) is 0 Å². The molecule has 2 fully saturated rings. The van der Waals surface area contributed by atoms with Gasteiger partial charge in [-0.2, -0.15) is 0 Å². The topological polar surface area (TPSA) is 75.6 Å². The summed E-state index contributed by atoms with van der Waals surface area (Å²) in [5, 5.41) is 12.1. The molecule has 0 spiro atoms. The average molecular weight is 255 g/mol. The largest absolute Gasteiger partial charge is 0.481 e. The van der Waals surface area contributed by atoms with E-state index in [1.54, 1.807) is 0 Å². The van der Waals surface area contributed by atoms with Crippen molar-refractivity contribution in [2.24, 2.45) is 11.3 Å². The first-order valence-corrected chi connectivity index (χ1v) is 6.73. The van der Waals surface area contributed by atoms with E-state index in [0.29, 0.717) is 19.4 Å². The summed E-state index contributed by atoms with van der Waals surface area (Å²) < 4.78 is 5.27. The van der Waals surface area contributed by atoms with E-state index >= 15 is 0 Å². The van der Waals surface area contributed by atoms with Gasteiger partial charge < -0.3 is 15.2 Å². The molecule has 0 aromatic rings. The normalized spacial score (nSPS) is 26.8. The molecule has 5 nitrogen and oxygen atoms in total. The summed E-state index contributed by atoms with van der Waals surface area (Å²) in [4.78, 5) is 23.3. The Morgan fingerprint density at radius 2 is 2.00 bits per heavy atom. The Morgan fingerprint density at radius 1 is 1.28 bits per heavy atom. The first kappa shape index (κ1) is 13.3. The molecule has 1 amide bonds. The van der Waals surface area contributed by atoms with Crippen molar-refractivity contribution in [1.82, 2.24) is 5.32 Å². The molecule has 2 aliphatic rings. The van der Waals surface area contributed by atoms with Gasteiger partial charge in [-0.3, -0.25) is 9.59 Å². The number of carbonyl (C=O) groups excluding carboxylic acids is 1. The average Bonchev–Trinajstić information content (AvgIpc) is 2.87. The van der Waals surface area contributed by atoms with Crippen LogP contribution in [0.25, 0.3) is 0 Å². The van der Waals surface area contributed by atoms with Gasteiger partial charge in [0.15, 0.2) is 0 Å². The minimum Gasteiger partial charge on any atom is -0.481 e. The lowest BCUT2D eigenvalue weighted by Crippen LogP contribution is -2.44. The zero-order valence-electron chi connectivity index (χ0n) is 10.6. The summed E-state index contributed by atoms with van der Waals surface area (Å²) in [6.45, 7) is 1.45. The van der Waals surface area contributed by atoms with Crippen molar-refractivity contribution in [1.29, 1.82) is 0 Å². The molecule has 1 heterocycles. The number of aliphatic carboxylic acids is 1. The standard InChI is InChI=1S/C13H21NO4/c15-11(10-4-3-7-18-8-10)14-9-13(12(16)17)5-1-2-6-13/h10H,1-9H2,(H,14,15)(H,16,17). The summed E-state index contributed by atoms with van der Waals surface area (Å²) in [5.41, 5.74) is -0.731. The molecular weight excluding hydrogens is 234 g/mol. The summed E-state index contributed by atoms with van der Waals surface area (Å²) in [6.07, 6.45) is 4.96. The van der Waals surface area contributed by atoms with Gasteiger partial charge in [0.2, 0.25) is 5.91 Å². The van der Waals surface area contributed by atoms with Crippen molar-refractivity contribution >= 4 is 11.9 Å². The lowest BCUT2D eigenvalue weighted by molar-refractivity contribution is -0.148. The van der Waals surface area contributed by atoms with Gasteiger partial charge in [-0.25, -0.2) is 0 Å². The third-order valence-corrected chi connectivity index (χ3v) is 4.15. The molecule has 1 atom stereocenters. The highest BCUT2D eigenvalue weighted by atomic mass is 16.5. The Kier molecular flexibility index (Phi) is 4.22. The van der Waals surface area contributed by atoms with Crippen molar-refractivity contribution in [2.45, 2.75) is 38.5 Å². The number of carboxylic acid groups (broad SMARTS) is 1. The van der Waals surface area contributed by atoms with E-state index in [9.17, 15) is 14.7 Å². The fourth-order valence-corrected chi connectivity index (χ4v) is 2.87. The summed E-state index contributed by atoms with van der Waals surface area (Å²) in [6, 6.07) is 0. The van der Waals surface area contributed by atoms with E-state index in [-0.39, 0.29) is 18.4 Å². The third-order valence-electron chi connectivity index (χ3n) is 4.15. The monoisotopic (exact) mass is 255 g/mol. The van der Waals surface area contributed by atoms with E-state index in [4.69, 9.17) is 4.74 Å². The predicted molar refractivity (Wildman–Crippen MR) is 65.1 cm³/mol. The maximum Gasteiger partial charge on any atom is 0.311 e. The molecule has 1 aliphatic carbocycles. The van der Waals surface area contributed by atoms with Crippen molar-refractivity contribution in [2.75, 3.05) is 19.8 Å². The molecule has 1 saturated heterocycles. The fraction of sp³-hybridized carbons (Fsp3) is 0.846. The van der Waals surface area contributed by atoms with Crippen LogP contribution >= 0.6 is 0 Å². The maximum atomic E-state index is 11.9. The molecule has 0 radical (unpaired) electrons. The zero-order valence-corrected chi connectivity index (χ0v) is 10.6. The van der Waals surface area contributed by atoms with Gasteiger partial charge in [-0.1, -0.05) is 12.8 Å². The van der Waals surface area contributed by atoms with E-state index < -0.39 is 11.4 Å². The number of nitrogens with one attached hydrogen (secondary N) is 1. The number of carbonyl (C=O) groups is 2.